The van der Waals surface area contributed by atoms with Crippen LogP contribution < -0.4 is 5.73 Å². The molecule has 6 heteroatoms. The number of nitrogens with two attached hydrogens (primary N) is 1. The Kier molecular flexibility index (Phi) is 2.94. The first-order valence-electron chi connectivity index (χ1n) is 5.67. The Bertz CT molecular complexity index is 503. The standard InChI is InChI=1S/C12H15N3O3/c1-12(11(17)18)4-6-15(7-12)10(16)9-8(13)3-2-5-14-9/h2-3,5H,4,6-7,13H2,1H3,(H,17,18). The zero-order chi connectivity index (χ0) is 13.3. The molecule has 1 aromatic rings. The number of pyridine rings is 1. The number of carboxylic acids is 1. The Morgan fingerprint density at radius 2 is 2.28 bits per heavy atom. The maximum atomic E-state index is 12.2. The van der Waals surface area contributed by atoms with Crippen molar-refractivity contribution in [1.29, 1.82) is 0 Å². The summed E-state index contributed by atoms with van der Waals surface area (Å²) in [5.41, 5.74) is 5.31. The van der Waals surface area contributed by atoms with Gasteiger partial charge in [0.1, 0.15) is 0 Å². The first-order valence-corrected chi connectivity index (χ1v) is 5.67. The fourth-order valence-electron chi connectivity index (χ4n) is 2.06. The lowest BCUT2D eigenvalue weighted by atomic mass is 9.90. The van der Waals surface area contributed by atoms with E-state index in [1.807, 2.05) is 0 Å². The van der Waals surface area contributed by atoms with Crippen molar-refractivity contribution in [1.82, 2.24) is 9.88 Å². The average Bonchev–Trinajstić information content (AvgIpc) is 2.73. The second-order valence-electron chi connectivity index (χ2n) is 4.78. The van der Waals surface area contributed by atoms with Crippen LogP contribution >= 0.6 is 0 Å². The van der Waals surface area contributed by atoms with E-state index in [2.05, 4.69) is 4.98 Å². The second kappa shape index (κ2) is 4.29. The van der Waals surface area contributed by atoms with Gasteiger partial charge in [0.15, 0.2) is 5.69 Å². The summed E-state index contributed by atoms with van der Waals surface area (Å²) in [7, 11) is 0. The molecule has 0 radical (unpaired) electrons. The number of likely N-dealkylation sites (tertiary alicyclic amines) is 1. The van der Waals surface area contributed by atoms with Crippen LogP contribution in [0.3, 0.4) is 0 Å². The molecule has 1 aliphatic rings. The number of hydrogen-bond acceptors (Lipinski definition) is 4. The van der Waals surface area contributed by atoms with E-state index in [1.165, 1.54) is 11.1 Å². The van der Waals surface area contributed by atoms with Crippen molar-refractivity contribution in [3.05, 3.63) is 24.0 Å². The Labute approximate surface area is 104 Å². The van der Waals surface area contributed by atoms with E-state index < -0.39 is 11.4 Å². The first kappa shape index (κ1) is 12.3. The highest BCUT2D eigenvalue weighted by Gasteiger charge is 2.42. The molecule has 1 amide bonds. The maximum Gasteiger partial charge on any atom is 0.311 e. The molecule has 2 heterocycles. The quantitative estimate of drug-likeness (QED) is 0.800. The summed E-state index contributed by atoms with van der Waals surface area (Å²) in [5, 5.41) is 9.12. The van der Waals surface area contributed by atoms with E-state index >= 15 is 0 Å². The highest BCUT2D eigenvalue weighted by molar-refractivity contribution is 5.97. The van der Waals surface area contributed by atoms with Gasteiger partial charge in [-0.1, -0.05) is 0 Å². The van der Waals surface area contributed by atoms with Gasteiger partial charge in [-0.15, -0.1) is 0 Å². The third-order valence-electron chi connectivity index (χ3n) is 3.32. The topological polar surface area (TPSA) is 96.5 Å². The molecule has 0 aromatic carbocycles. The van der Waals surface area contributed by atoms with Gasteiger partial charge in [-0.25, -0.2) is 4.98 Å². The van der Waals surface area contributed by atoms with Gasteiger partial charge < -0.3 is 15.7 Å². The van der Waals surface area contributed by atoms with Gasteiger partial charge in [0.05, 0.1) is 11.1 Å². The van der Waals surface area contributed by atoms with Gasteiger partial charge in [0.2, 0.25) is 0 Å². The summed E-state index contributed by atoms with van der Waals surface area (Å²) >= 11 is 0. The second-order valence-corrected chi connectivity index (χ2v) is 4.78. The van der Waals surface area contributed by atoms with E-state index in [1.54, 1.807) is 19.1 Å². The molecular weight excluding hydrogens is 234 g/mol. The van der Waals surface area contributed by atoms with Crippen LogP contribution in [0.25, 0.3) is 0 Å². The molecule has 0 bridgehead atoms. The maximum absolute atomic E-state index is 12.2. The van der Waals surface area contributed by atoms with Crippen LogP contribution in [0.15, 0.2) is 18.3 Å². The summed E-state index contributed by atoms with van der Waals surface area (Å²) in [4.78, 5) is 28.7. The highest BCUT2D eigenvalue weighted by atomic mass is 16.4. The molecule has 18 heavy (non-hydrogen) atoms. The predicted octanol–water partition coefficient (Wildman–Crippen LogP) is 0.601. The van der Waals surface area contributed by atoms with Crippen LogP contribution in [0.5, 0.6) is 0 Å². The van der Waals surface area contributed by atoms with Crippen molar-refractivity contribution >= 4 is 17.6 Å². The van der Waals surface area contributed by atoms with Crippen molar-refractivity contribution in [2.24, 2.45) is 5.41 Å². The lowest BCUT2D eigenvalue weighted by Gasteiger charge is -2.20. The van der Waals surface area contributed by atoms with Crippen LogP contribution in [0.1, 0.15) is 23.8 Å². The molecule has 1 aliphatic heterocycles. The molecular formula is C12H15N3O3. The normalized spacial score (nSPS) is 23.1. The molecule has 2 rings (SSSR count). The van der Waals surface area contributed by atoms with E-state index in [9.17, 15) is 9.59 Å². The number of carboxylic acid groups (broad SMARTS) is 1. The predicted molar refractivity (Wildman–Crippen MR) is 64.9 cm³/mol. The molecule has 96 valence electrons. The monoisotopic (exact) mass is 249 g/mol. The van der Waals surface area contributed by atoms with E-state index in [-0.39, 0.29) is 18.1 Å². The molecule has 0 aliphatic carbocycles. The van der Waals surface area contributed by atoms with Crippen LogP contribution in [-0.4, -0.2) is 40.0 Å². The number of hydrogen-bond donors (Lipinski definition) is 2. The number of aromatic nitrogens is 1. The Morgan fingerprint density at radius 1 is 1.56 bits per heavy atom. The van der Waals surface area contributed by atoms with E-state index in [0.717, 1.165) is 0 Å². The molecule has 3 N–H and O–H groups in total. The molecule has 0 saturated carbocycles. The molecule has 6 nitrogen and oxygen atoms in total. The van der Waals surface area contributed by atoms with E-state index in [4.69, 9.17) is 10.8 Å². The number of rotatable bonds is 2. The van der Waals surface area contributed by atoms with Crippen molar-refractivity contribution in [3.8, 4) is 0 Å². The summed E-state index contributed by atoms with van der Waals surface area (Å²) in [6.45, 7) is 2.25. The molecule has 1 atom stereocenters. The third-order valence-corrected chi connectivity index (χ3v) is 3.32. The summed E-state index contributed by atoms with van der Waals surface area (Å²) < 4.78 is 0. The molecule has 1 aromatic heterocycles. The van der Waals surface area contributed by atoms with Crippen LogP contribution in [0, 0.1) is 5.41 Å². The fourth-order valence-corrected chi connectivity index (χ4v) is 2.06. The number of anilines is 1. The number of amides is 1. The lowest BCUT2D eigenvalue weighted by molar-refractivity contribution is -0.147. The SMILES string of the molecule is CC1(C(=O)O)CCN(C(=O)c2ncccc2N)C1. The number of nitrogen functional groups attached to an aromatic ring is 1. The smallest absolute Gasteiger partial charge is 0.311 e. The van der Waals surface area contributed by atoms with Gasteiger partial charge >= 0.3 is 5.97 Å². The number of aliphatic carboxylic acids is 1. The van der Waals surface area contributed by atoms with Crippen LogP contribution in [0.2, 0.25) is 0 Å². The summed E-state index contributed by atoms with van der Waals surface area (Å²) in [5.74, 6) is -1.19. The zero-order valence-corrected chi connectivity index (χ0v) is 10.1. The highest BCUT2D eigenvalue weighted by Crippen LogP contribution is 2.31. The van der Waals surface area contributed by atoms with Crippen molar-refractivity contribution < 1.29 is 14.7 Å². The minimum absolute atomic E-state index is 0.187. The largest absolute Gasteiger partial charge is 0.481 e. The van der Waals surface area contributed by atoms with Gasteiger partial charge in [-0.05, 0) is 25.5 Å². The van der Waals surface area contributed by atoms with Crippen LogP contribution in [-0.2, 0) is 4.79 Å². The van der Waals surface area contributed by atoms with Gasteiger partial charge in [0.25, 0.3) is 5.91 Å². The average molecular weight is 249 g/mol. The van der Waals surface area contributed by atoms with Gasteiger partial charge in [0, 0.05) is 19.3 Å². The Balaban J connectivity index is 2.18. The number of carbonyl (C=O) groups excluding carboxylic acids is 1. The van der Waals surface area contributed by atoms with Crippen molar-refractivity contribution in [2.45, 2.75) is 13.3 Å². The Morgan fingerprint density at radius 3 is 2.83 bits per heavy atom. The first-order chi connectivity index (χ1) is 8.44. The Hall–Kier alpha value is -2.11. The lowest BCUT2D eigenvalue weighted by Crippen LogP contribution is -2.35. The fraction of sp³-hybridized carbons (Fsp3) is 0.417. The minimum atomic E-state index is -0.883. The number of carbonyl (C=O) groups is 2. The summed E-state index contributed by atoms with van der Waals surface area (Å²) in [6.07, 6.45) is 1.94. The van der Waals surface area contributed by atoms with Gasteiger partial charge in [-0.2, -0.15) is 0 Å². The van der Waals surface area contributed by atoms with E-state index in [0.29, 0.717) is 18.7 Å². The molecule has 1 fully saturated rings. The summed E-state index contributed by atoms with van der Waals surface area (Å²) in [6, 6.07) is 3.25. The van der Waals surface area contributed by atoms with Crippen LogP contribution in [0.4, 0.5) is 5.69 Å². The molecule has 1 saturated heterocycles. The van der Waals surface area contributed by atoms with Gasteiger partial charge in [-0.3, -0.25) is 9.59 Å². The van der Waals surface area contributed by atoms with Crippen molar-refractivity contribution in [3.63, 3.8) is 0 Å². The van der Waals surface area contributed by atoms with Crippen molar-refractivity contribution in [2.75, 3.05) is 18.8 Å². The minimum Gasteiger partial charge on any atom is -0.481 e. The molecule has 0 spiro atoms. The molecule has 1 unspecified atom stereocenters. The third kappa shape index (κ3) is 2.01. The number of nitrogens with zero attached hydrogens (tertiary/aromatic N) is 2. The zero-order valence-electron chi connectivity index (χ0n) is 10.1.